The molecule has 0 saturated heterocycles. The van der Waals surface area contributed by atoms with Gasteiger partial charge in [0, 0.05) is 36.3 Å². The summed E-state index contributed by atoms with van der Waals surface area (Å²) in [5.41, 5.74) is 2.94. The van der Waals surface area contributed by atoms with Gasteiger partial charge in [-0.2, -0.15) is 0 Å². The summed E-state index contributed by atoms with van der Waals surface area (Å²) in [5.74, 6) is 1.81. The minimum atomic E-state index is -0.334. The molecule has 3 heterocycles. The number of aromatic nitrogens is 3. The van der Waals surface area contributed by atoms with Gasteiger partial charge in [0.25, 0.3) is 0 Å². The molecule has 0 fully saturated rings. The molecule has 3 N–H and O–H groups in total. The minimum absolute atomic E-state index is 0.0261. The number of nitrogens with one attached hydrogen (secondary N) is 3. The van der Waals surface area contributed by atoms with Crippen LogP contribution >= 0.6 is 0 Å². The summed E-state index contributed by atoms with van der Waals surface area (Å²) < 4.78 is 25.0. The molecule has 164 valence electrons. The summed E-state index contributed by atoms with van der Waals surface area (Å²) in [5, 5.41) is 7.95. The third-order valence-electron chi connectivity index (χ3n) is 5.45. The highest BCUT2D eigenvalue weighted by Crippen LogP contribution is 2.36. The third-order valence-corrected chi connectivity index (χ3v) is 5.45. The van der Waals surface area contributed by atoms with Crippen LogP contribution < -0.4 is 15.4 Å². The van der Waals surface area contributed by atoms with E-state index >= 15 is 0 Å². The number of aromatic amines is 1. The molecule has 0 spiro atoms. The van der Waals surface area contributed by atoms with Gasteiger partial charge in [0.15, 0.2) is 17.5 Å². The second kappa shape index (κ2) is 8.84. The van der Waals surface area contributed by atoms with Gasteiger partial charge in [0.05, 0.1) is 12.6 Å². The number of anilines is 2. The highest BCUT2D eigenvalue weighted by atomic mass is 19.1. The Kier molecular flexibility index (Phi) is 5.60. The van der Waals surface area contributed by atoms with Gasteiger partial charge in [0.1, 0.15) is 12.4 Å². The van der Waals surface area contributed by atoms with Crippen molar-refractivity contribution in [3.8, 4) is 17.1 Å². The van der Waals surface area contributed by atoms with Gasteiger partial charge >= 0.3 is 0 Å². The van der Waals surface area contributed by atoms with Crippen molar-refractivity contribution in [1.82, 2.24) is 15.0 Å². The van der Waals surface area contributed by atoms with Gasteiger partial charge in [-0.25, -0.2) is 14.4 Å². The normalized spacial score (nSPS) is 15.1. The highest BCUT2D eigenvalue weighted by Gasteiger charge is 2.25. The molecule has 2 aromatic heterocycles. The highest BCUT2D eigenvalue weighted by molar-refractivity contribution is 5.83. The zero-order chi connectivity index (χ0) is 21.9. The molecule has 8 heteroatoms. The van der Waals surface area contributed by atoms with Crippen LogP contribution in [-0.2, 0) is 11.2 Å². The number of hydrogen-bond donors (Lipinski definition) is 3. The fourth-order valence-electron chi connectivity index (χ4n) is 3.93. The summed E-state index contributed by atoms with van der Waals surface area (Å²) in [6, 6.07) is 14.5. The van der Waals surface area contributed by atoms with Gasteiger partial charge in [0.2, 0.25) is 5.75 Å². The lowest BCUT2D eigenvalue weighted by atomic mass is 10.1. The zero-order valence-electron chi connectivity index (χ0n) is 17.7. The van der Waals surface area contributed by atoms with E-state index in [1.807, 2.05) is 18.3 Å². The van der Waals surface area contributed by atoms with E-state index in [2.05, 4.69) is 37.7 Å². The maximum absolute atomic E-state index is 13.8. The molecule has 1 aliphatic heterocycles. The smallest absolute Gasteiger partial charge is 0.204 e. The van der Waals surface area contributed by atoms with Crippen molar-refractivity contribution in [2.45, 2.75) is 12.5 Å². The van der Waals surface area contributed by atoms with Crippen LogP contribution in [-0.4, -0.2) is 47.9 Å². The quantitative estimate of drug-likeness (QED) is 0.404. The van der Waals surface area contributed by atoms with Crippen LogP contribution in [0.5, 0.6) is 5.75 Å². The fourth-order valence-corrected chi connectivity index (χ4v) is 3.93. The number of H-pyrrole nitrogens is 1. The van der Waals surface area contributed by atoms with Gasteiger partial charge in [-0.05, 0) is 30.2 Å². The maximum Gasteiger partial charge on any atom is 0.204 e. The standard InChI is InChI=1S/C24H24FN5O2/c1-31-13-18-14-32-21-23(26-10-9-16-12-27-20-8-3-2-7-19(16)20)29-22(30-24(21)28-18)15-5-4-6-17(25)11-15/h2-8,11-12,18,27H,9-10,13-14H2,1H3,(H2,26,28,29,30)/t18-/m1/s1. The molecule has 0 amide bonds. The molecule has 0 bridgehead atoms. The Labute approximate surface area is 185 Å². The first-order chi connectivity index (χ1) is 15.7. The zero-order valence-corrected chi connectivity index (χ0v) is 17.7. The van der Waals surface area contributed by atoms with Crippen LogP contribution in [0.3, 0.4) is 0 Å². The summed E-state index contributed by atoms with van der Waals surface area (Å²) in [6.07, 6.45) is 2.84. The van der Waals surface area contributed by atoms with Crippen molar-refractivity contribution in [3.63, 3.8) is 0 Å². The van der Waals surface area contributed by atoms with Crippen LogP contribution in [0.15, 0.2) is 54.7 Å². The lowest BCUT2D eigenvalue weighted by Gasteiger charge is -2.27. The van der Waals surface area contributed by atoms with E-state index in [1.54, 1.807) is 19.2 Å². The molecule has 0 unspecified atom stereocenters. The number of nitrogens with zero attached hydrogens (tertiary/aromatic N) is 2. The van der Waals surface area contributed by atoms with Crippen LogP contribution in [0.25, 0.3) is 22.3 Å². The number of methoxy groups -OCH3 is 1. The Morgan fingerprint density at radius 1 is 1.19 bits per heavy atom. The van der Waals surface area contributed by atoms with Crippen LogP contribution in [0.1, 0.15) is 5.56 Å². The molecule has 0 aliphatic carbocycles. The van der Waals surface area contributed by atoms with E-state index in [1.165, 1.54) is 23.1 Å². The number of rotatable bonds is 7. The van der Waals surface area contributed by atoms with E-state index < -0.39 is 0 Å². The summed E-state index contributed by atoms with van der Waals surface area (Å²) in [4.78, 5) is 12.6. The monoisotopic (exact) mass is 433 g/mol. The molecule has 32 heavy (non-hydrogen) atoms. The Balaban J connectivity index is 1.42. The van der Waals surface area contributed by atoms with Crippen molar-refractivity contribution < 1.29 is 13.9 Å². The van der Waals surface area contributed by atoms with E-state index in [0.717, 1.165) is 11.9 Å². The number of benzene rings is 2. The predicted molar refractivity (Wildman–Crippen MR) is 123 cm³/mol. The number of ether oxygens (including phenoxy) is 2. The molecule has 0 radical (unpaired) electrons. The summed E-state index contributed by atoms with van der Waals surface area (Å²) in [6.45, 7) is 1.58. The summed E-state index contributed by atoms with van der Waals surface area (Å²) in [7, 11) is 1.65. The largest absolute Gasteiger partial charge is 0.484 e. The van der Waals surface area contributed by atoms with Gasteiger partial charge in [-0.3, -0.25) is 0 Å². The first-order valence-corrected chi connectivity index (χ1v) is 10.6. The van der Waals surface area contributed by atoms with E-state index in [9.17, 15) is 4.39 Å². The van der Waals surface area contributed by atoms with Crippen molar-refractivity contribution in [2.24, 2.45) is 0 Å². The van der Waals surface area contributed by atoms with Gasteiger partial charge in [-0.15, -0.1) is 0 Å². The number of fused-ring (bicyclic) bond motifs is 2. The maximum atomic E-state index is 13.8. The Morgan fingerprint density at radius 3 is 2.97 bits per heavy atom. The lowest BCUT2D eigenvalue weighted by Crippen LogP contribution is -2.36. The lowest BCUT2D eigenvalue weighted by molar-refractivity contribution is 0.154. The van der Waals surface area contributed by atoms with Gasteiger partial charge < -0.3 is 25.1 Å². The molecule has 1 aliphatic rings. The van der Waals surface area contributed by atoms with Crippen LogP contribution in [0.2, 0.25) is 0 Å². The predicted octanol–water partition coefficient (Wildman–Crippen LogP) is 4.24. The molecule has 1 atom stereocenters. The second-order valence-electron chi connectivity index (χ2n) is 7.73. The molecular formula is C24H24FN5O2. The van der Waals surface area contributed by atoms with Crippen molar-refractivity contribution in [3.05, 3.63) is 66.1 Å². The van der Waals surface area contributed by atoms with Crippen molar-refractivity contribution in [1.29, 1.82) is 0 Å². The van der Waals surface area contributed by atoms with E-state index in [-0.39, 0.29) is 11.9 Å². The fraction of sp³-hybridized carbons (Fsp3) is 0.250. The Morgan fingerprint density at radius 2 is 2.09 bits per heavy atom. The number of para-hydroxylation sites is 1. The molecule has 0 saturated carbocycles. The Hall–Kier alpha value is -3.65. The molecular weight excluding hydrogens is 409 g/mol. The molecule has 5 rings (SSSR count). The number of hydrogen-bond acceptors (Lipinski definition) is 6. The van der Waals surface area contributed by atoms with E-state index in [4.69, 9.17) is 9.47 Å². The summed E-state index contributed by atoms with van der Waals surface area (Å²) >= 11 is 0. The SMILES string of the molecule is COC[C@@H]1COc2c(NCCc3c[nH]c4ccccc34)nc(-c3cccc(F)c3)nc2N1. The van der Waals surface area contributed by atoms with Crippen LogP contribution in [0, 0.1) is 5.82 Å². The van der Waals surface area contributed by atoms with E-state index in [0.29, 0.717) is 48.5 Å². The Bertz CT molecular complexity index is 1240. The molecule has 4 aromatic rings. The number of halogens is 1. The minimum Gasteiger partial charge on any atom is -0.484 e. The second-order valence-corrected chi connectivity index (χ2v) is 7.73. The van der Waals surface area contributed by atoms with Gasteiger partial charge in [-0.1, -0.05) is 30.3 Å². The average molecular weight is 433 g/mol. The first kappa shape index (κ1) is 20.3. The first-order valence-electron chi connectivity index (χ1n) is 10.6. The topological polar surface area (TPSA) is 84.1 Å². The average Bonchev–Trinajstić information content (AvgIpc) is 3.22. The molecule has 7 nitrogen and oxygen atoms in total. The third kappa shape index (κ3) is 4.09. The van der Waals surface area contributed by atoms with Crippen LogP contribution in [0.4, 0.5) is 16.0 Å². The van der Waals surface area contributed by atoms with Crippen molar-refractivity contribution in [2.75, 3.05) is 37.5 Å². The molecule has 2 aromatic carbocycles. The van der Waals surface area contributed by atoms with Crippen molar-refractivity contribution >= 4 is 22.5 Å².